The van der Waals surface area contributed by atoms with Crippen molar-refractivity contribution < 1.29 is 14.1 Å². The lowest BCUT2D eigenvalue weighted by molar-refractivity contribution is -0.139. The molecule has 0 unspecified atom stereocenters. The maximum atomic E-state index is 10.9. The van der Waals surface area contributed by atoms with E-state index in [1.807, 2.05) is 11.4 Å². The molecule has 2 heterocycles. The van der Waals surface area contributed by atoms with Gasteiger partial charge in [0.1, 0.15) is 5.69 Å². The molecule has 0 saturated heterocycles. The van der Waals surface area contributed by atoms with Gasteiger partial charge in [0.15, 0.2) is 5.58 Å². The molecule has 0 aliphatic carbocycles. The van der Waals surface area contributed by atoms with Crippen LogP contribution in [0.15, 0.2) is 16.0 Å². The van der Waals surface area contributed by atoms with E-state index in [0.29, 0.717) is 5.69 Å². The minimum absolute atomic E-state index is 0.171. The Labute approximate surface area is 78.1 Å². The standard InChI is InChI=1S/C8H7NO3S/c1-11-7(10)4-5-8-6(12-9-5)2-3-13-8/h2-3H,4H2,1H3. The zero-order valence-corrected chi connectivity index (χ0v) is 7.76. The Morgan fingerprint density at radius 3 is 3.38 bits per heavy atom. The Morgan fingerprint density at radius 1 is 1.77 bits per heavy atom. The fraction of sp³-hybridized carbons (Fsp3) is 0.250. The van der Waals surface area contributed by atoms with Crippen LogP contribution >= 0.6 is 11.3 Å². The number of aromatic nitrogens is 1. The molecule has 4 nitrogen and oxygen atoms in total. The molecule has 0 aromatic carbocycles. The van der Waals surface area contributed by atoms with Crippen LogP contribution in [0.25, 0.3) is 10.3 Å². The Hall–Kier alpha value is -1.36. The molecule has 2 rings (SSSR count). The molecular weight excluding hydrogens is 190 g/mol. The monoisotopic (exact) mass is 197 g/mol. The Balaban J connectivity index is 2.33. The average molecular weight is 197 g/mol. The first-order chi connectivity index (χ1) is 6.31. The first-order valence-corrected chi connectivity index (χ1v) is 4.58. The highest BCUT2D eigenvalue weighted by atomic mass is 32.1. The van der Waals surface area contributed by atoms with Crippen molar-refractivity contribution in [2.75, 3.05) is 7.11 Å². The molecule has 0 amide bonds. The fourth-order valence-electron chi connectivity index (χ4n) is 1.05. The molecule has 0 saturated carbocycles. The molecule has 0 N–H and O–H groups in total. The van der Waals surface area contributed by atoms with E-state index in [-0.39, 0.29) is 12.4 Å². The van der Waals surface area contributed by atoms with Gasteiger partial charge >= 0.3 is 5.97 Å². The number of hydrogen-bond acceptors (Lipinski definition) is 5. The van der Waals surface area contributed by atoms with Crippen LogP contribution in [0, 0.1) is 0 Å². The van der Waals surface area contributed by atoms with Gasteiger partial charge in [0.05, 0.1) is 18.2 Å². The van der Waals surface area contributed by atoms with E-state index >= 15 is 0 Å². The lowest BCUT2D eigenvalue weighted by atomic mass is 10.3. The maximum Gasteiger partial charge on any atom is 0.311 e. The zero-order valence-electron chi connectivity index (χ0n) is 6.94. The molecule has 0 spiro atoms. The van der Waals surface area contributed by atoms with Crippen molar-refractivity contribution >= 4 is 27.6 Å². The van der Waals surface area contributed by atoms with E-state index < -0.39 is 0 Å². The summed E-state index contributed by atoms with van der Waals surface area (Å²) in [4.78, 5) is 10.9. The summed E-state index contributed by atoms with van der Waals surface area (Å²) in [5, 5.41) is 5.68. The molecule has 13 heavy (non-hydrogen) atoms. The van der Waals surface area contributed by atoms with Gasteiger partial charge in [-0.2, -0.15) is 0 Å². The molecule has 0 aliphatic rings. The van der Waals surface area contributed by atoms with Gasteiger partial charge in [-0.05, 0) is 11.4 Å². The Morgan fingerprint density at radius 2 is 2.62 bits per heavy atom. The molecule has 0 aliphatic heterocycles. The van der Waals surface area contributed by atoms with Gasteiger partial charge in [-0.25, -0.2) is 0 Å². The Bertz CT molecular complexity index is 431. The minimum atomic E-state index is -0.302. The summed E-state index contributed by atoms with van der Waals surface area (Å²) in [5.41, 5.74) is 1.38. The number of rotatable bonds is 2. The topological polar surface area (TPSA) is 52.3 Å². The number of nitrogens with zero attached hydrogens (tertiary/aromatic N) is 1. The molecule has 5 heteroatoms. The summed E-state index contributed by atoms with van der Waals surface area (Å²) in [6.45, 7) is 0. The van der Waals surface area contributed by atoms with Crippen molar-refractivity contribution in [2.24, 2.45) is 0 Å². The van der Waals surface area contributed by atoms with Crippen molar-refractivity contribution in [3.05, 3.63) is 17.1 Å². The lowest BCUT2D eigenvalue weighted by Crippen LogP contribution is -2.04. The first kappa shape index (κ1) is 8.25. The molecule has 2 aromatic rings. The number of fused-ring (bicyclic) bond motifs is 1. The van der Waals surface area contributed by atoms with E-state index in [1.165, 1.54) is 18.4 Å². The summed E-state index contributed by atoms with van der Waals surface area (Å²) in [7, 11) is 1.36. The van der Waals surface area contributed by atoms with Crippen molar-refractivity contribution in [1.82, 2.24) is 5.16 Å². The van der Waals surface area contributed by atoms with E-state index in [2.05, 4.69) is 9.89 Å². The summed E-state index contributed by atoms with van der Waals surface area (Å²) in [5.74, 6) is -0.302. The van der Waals surface area contributed by atoms with Gasteiger partial charge in [-0.1, -0.05) is 5.16 Å². The summed E-state index contributed by atoms with van der Waals surface area (Å²) in [6.07, 6.45) is 0.171. The third-order valence-electron chi connectivity index (χ3n) is 1.68. The van der Waals surface area contributed by atoms with Gasteiger partial charge in [0.25, 0.3) is 0 Å². The Kier molecular flexibility index (Phi) is 2.02. The molecule has 2 aromatic heterocycles. The SMILES string of the molecule is COC(=O)Cc1noc2ccsc12. The number of carbonyl (C=O) groups excluding carboxylic acids is 1. The number of ether oxygens (including phenoxy) is 1. The second kappa shape index (κ2) is 3.18. The number of thiophene rings is 1. The molecule has 68 valence electrons. The third-order valence-corrected chi connectivity index (χ3v) is 2.63. The first-order valence-electron chi connectivity index (χ1n) is 3.70. The van der Waals surface area contributed by atoms with Crippen molar-refractivity contribution in [3.63, 3.8) is 0 Å². The predicted molar refractivity (Wildman–Crippen MR) is 47.6 cm³/mol. The van der Waals surface area contributed by atoms with Crippen molar-refractivity contribution in [2.45, 2.75) is 6.42 Å². The molecule has 0 fully saturated rings. The predicted octanol–water partition coefficient (Wildman–Crippen LogP) is 1.60. The van der Waals surface area contributed by atoms with Crippen LogP contribution < -0.4 is 0 Å². The van der Waals surface area contributed by atoms with Crippen molar-refractivity contribution in [3.8, 4) is 0 Å². The van der Waals surface area contributed by atoms with Gasteiger partial charge in [0, 0.05) is 0 Å². The number of methoxy groups -OCH3 is 1. The third kappa shape index (κ3) is 1.42. The molecule has 0 bridgehead atoms. The van der Waals surface area contributed by atoms with Crippen LogP contribution in [-0.2, 0) is 16.0 Å². The van der Waals surface area contributed by atoms with Crippen LogP contribution in [0.3, 0.4) is 0 Å². The molecular formula is C8H7NO3S. The van der Waals surface area contributed by atoms with Crippen LogP contribution in [0.2, 0.25) is 0 Å². The second-order valence-corrected chi connectivity index (χ2v) is 3.41. The number of carbonyl (C=O) groups is 1. The van der Waals surface area contributed by atoms with Gasteiger partial charge in [-0.3, -0.25) is 4.79 Å². The van der Waals surface area contributed by atoms with E-state index in [0.717, 1.165) is 10.3 Å². The molecule has 0 radical (unpaired) electrons. The lowest BCUT2D eigenvalue weighted by Gasteiger charge is -1.92. The van der Waals surface area contributed by atoms with E-state index in [4.69, 9.17) is 4.52 Å². The summed E-state index contributed by atoms with van der Waals surface area (Å²) in [6, 6.07) is 1.83. The fourth-order valence-corrected chi connectivity index (χ4v) is 1.84. The average Bonchev–Trinajstić information content (AvgIpc) is 2.69. The number of esters is 1. The smallest absolute Gasteiger partial charge is 0.311 e. The minimum Gasteiger partial charge on any atom is -0.469 e. The van der Waals surface area contributed by atoms with Crippen LogP contribution in [0.1, 0.15) is 5.69 Å². The van der Waals surface area contributed by atoms with Crippen LogP contribution in [-0.4, -0.2) is 18.2 Å². The van der Waals surface area contributed by atoms with Crippen LogP contribution in [0.5, 0.6) is 0 Å². The van der Waals surface area contributed by atoms with E-state index in [9.17, 15) is 4.79 Å². The van der Waals surface area contributed by atoms with Crippen molar-refractivity contribution in [1.29, 1.82) is 0 Å². The summed E-state index contributed by atoms with van der Waals surface area (Å²) < 4.78 is 10.4. The normalized spacial score (nSPS) is 10.5. The number of hydrogen-bond donors (Lipinski definition) is 0. The highest BCUT2D eigenvalue weighted by Crippen LogP contribution is 2.24. The maximum absolute atomic E-state index is 10.9. The zero-order chi connectivity index (χ0) is 9.26. The highest BCUT2D eigenvalue weighted by Gasteiger charge is 2.12. The highest BCUT2D eigenvalue weighted by molar-refractivity contribution is 7.17. The van der Waals surface area contributed by atoms with Gasteiger partial charge in [-0.15, -0.1) is 11.3 Å². The van der Waals surface area contributed by atoms with Gasteiger partial charge < -0.3 is 9.26 Å². The summed E-state index contributed by atoms with van der Waals surface area (Å²) >= 11 is 1.51. The second-order valence-electron chi connectivity index (χ2n) is 2.50. The molecule has 0 atom stereocenters. The quantitative estimate of drug-likeness (QED) is 0.686. The van der Waals surface area contributed by atoms with Crippen LogP contribution in [0.4, 0.5) is 0 Å². The van der Waals surface area contributed by atoms with Gasteiger partial charge in [0.2, 0.25) is 0 Å². The van der Waals surface area contributed by atoms with E-state index in [1.54, 1.807) is 0 Å². The largest absolute Gasteiger partial charge is 0.469 e.